The summed E-state index contributed by atoms with van der Waals surface area (Å²) in [6.45, 7) is 0.518. The lowest BCUT2D eigenvalue weighted by atomic mass is 9.66. The highest BCUT2D eigenvalue weighted by Gasteiger charge is 2.44. The van der Waals surface area contributed by atoms with Crippen molar-refractivity contribution in [3.63, 3.8) is 0 Å². The van der Waals surface area contributed by atoms with Crippen molar-refractivity contribution in [2.75, 3.05) is 13.7 Å². The van der Waals surface area contributed by atoms with Gasteiger partial charge in [0.2, 0.25) is 5.91 Å². The smallest absolute Gasteiger partial charge is 0.326 e. The van der Waals surface area contributed by atoms with Crippen LogP contribution in [-0.4, -0.2) is 36.7 Å². The summed E-state index contributed by atoms with van der Waals surface area (Å²) in [7, 11) is 1.61. The van der Waals surface area contributed by atoms with E-state index < -0.39 is 17.4 Å². The van der Waals surface area contributed by atoms with E-state index in [0.29, 0.717) is 19.4 Å². The third-order valence-electron chi connectivity index (χ3n) is 4.46. The van der Waals surface area contributed by atoms with E-state index in [1.165, 1.54) is 0 Å². The molecule has 120 valence electrons. The summed E-state index contributed by atoms with van der Waals surface area (Å²) in [5.74, 6) is -1.16. The zero-order chi connectivity index (χ0) is 16.0. The Bertz CT molecular complexity index is 511. The van der Waals surface area contributed by atoms with Gasteiger partial charge in [-0.15, -0.1) is 0 Å². The van der Waals surface area contributed by atoms with Crippen molar-refractivity contribution in [3.05, 3.63) is 35.9 Å². The average Bonchev–Trinajstić information content (AvgIpc) is 2.46. The summed E-state index contributed by atoms with van der Waals surface area (Å²) in [4.78, 5) is 24.0. The van der Waals surface area contributed by atoms with Crippen molar-refractivity contribution >= 4 is 11.9 Å². The van der Waals surface area contributed by atoms with E-state index in [0.717, 1.165) is 24.8 Å². The van der Waals surface area contributed by atoms with Crippen molar-refractivity contribution in [2.24, 2.45) is 5.41 Å². The fraction of sp³-hybridized carbons (Fsp3) is 0.529. The van der Waals surface area contributed by atoms with Gasteiger partial charge in [0, 0.05) is 20.1 Å². The van der Waals surface area contributed by atoms with Crippen molar-refractivity contribution in [1.29, 1.82) is 0 Å². The van der Waals surface area contributed by atoms with E-state index in [4.69, 9.17) is 4.74 Å². The van der Waals surface area contributed by atoms with Crippen LogP contribution in [0.4, 0.5) is 0 Å². The molecule has 5 nitrogen and oxygen atoms in total. The summed E-state index contributed by atoms with van der Waals surface area (Å²) in [5, 5.41) is 12.1. The van der Waals surface area contributed by atoms with E-state index in [9.17, 15) is 14.7 Å². The summed E-state index contributed by atoms with van der Waals surface area (Å²) < 4.78 is 5.08. The van der Waals surface area contributed by atoms with Gasteiger partial charge in [-0.25, -0.2) is 4.79 Å². The maximum Gasteiger partial charge on any atom is 0.326 e. The lowest BCUT2D eigenvalue weighted by molar-refractivity contribution is -0.146. The quantitative estimate of drug-likeness (QED) is 0.770. The van der Waals surface area contributed by atoms with Crippen molar-refractivity contribution < 1.29 is 19.4 Å². The monoisotopic (exact) mass is 305 g/mol. The number of carbonyl (C=O) groups excluding carboxylic acids is 1. The number of rotatable bonds is 8. The van der Waals surface area contributed by atoms with Crippen LogP contribution in [0.25, 0.3) is 0 Å². The first kappa shape index (κ1) is 16.5. The van der Waals surface area contributed by atoms with Crippen LogP contribution < -0.4 is 5.32 Å². The van der Waals surface area contributed by atoms with E-state index in [-0.39, 0.29) is 5.91 Å². The second kappa shape index (κ2) is 7.40. The average molecular weight is 305 g/mol. The van der Waals surface area contributed by atoms with Gasteiger partial charge in [0.1, 0.15) is 6.04 Å². The molecule has 2 rings (SSSR count). The molecule has 1 atom stereocenters. The zero-order valence-corrected chi connectivity index (χ0v) is 12.9. The minimum atomic E-state index is -1.00. The Hall–Kier alpha value is -1.88. The van der Waals surface area contributed by atoms with Crippen LogP contribution in [-0.2, 0) is 20.7 Å². The van der Waals surface area contributed by atoms with E-state index in [1.54, 1.807) is 7.11 Å². The fourth-order valence-corrected chi connectivity index (χ4v) is 2.85. The lowest BCUT2D eigenvalue weighted by Gasteiger charge is -2.40. The minimum Gasteiger partial charge on any atom is -0.480 e. The van der Waals surface area contributed by atoms with Gasteiger partial charge in [0.25, 0.3) is 0 Å². The molecule has 1 aliphatic carbocycles. The molecule has 0 spiro atoms. The number of aliphatic carboxylic acids is 1. The summed E-state index contributed by atoms with van der Waals surface area (Å²) in [6.07, 6.45) is 3.56. The van der Waals surface area contributed by atoms with Crippen LogP contribution >= 0.6 is 0 Å². The molecule has 22 heavy (non-hydrogen) atoms. The second-order valence-electron chi connectivity index (χ2n) is 5.93. The molecular formula is C17H23NO4. The molecule has 0 aromatic heterocycles. The predicted octanol–water partition coefficient (Wildman–Crippen LogP) is 2.01. The Morgan fingerprint density at radius 2 is 2.00 bits per heavy atom. The summed E-state index contributed by atoms with van der Waals surface area (Å²) >= 11 is 0. The SMILES string of the molecule is COCCC1(C(=O)NC(Cc2ccccc2)C(=O)O)CCC1. The molecule has 0 bridgehead atoms. The van der Waals surface area contributed by atoms with Crippen LogP contribution in [0.3, 0.4) is 0 Å². The number of benzene rings is 1. The second-order valence-corrected chi connectivity index (χ2v) is 5.93. The third-order valence-corrected chi connectivity index (χ3v) is 4.46. The minimum absolute atomic E-state index is 0.154. The summed E-state index contributed by atoms with van der Waals surface area (Å²) in [6, 6.07) is 8.45. The standard InChI is InChI=1S/C17H23NO4/c1-22-11-10-17(8-5-9-17)16(21)18-14(15(19)20)12-13-6-3-2-4-7-13/h2-4,6-7,14H,5,8-12H2,1H3,(H,18,21)(H,19,20). The first-order valence-electron chi connectivity index (χ1n) is 7.64. The topological polar surface area (TPSA) is 75.6 Å². The van der Waals surface area contributed by atoms with Gasteiger partial charge in [0.15, 0.2) is 0 Å². The highest BCUT2D eigenvalue weighted by atomic mass is 16.5. The number of ether oxygens (including phenoxy) is 1. The van der Waals surface area contributed by atoms with Crippen LogP contribution in [0.15, 0.2) is 30.3 Å². The van der Waals surface area contributed by atoms with Crippen molar-refractivity contribution in [2.45, 2.75) is 38.1 Å². The molecule has 2 N–H and O–H groups in total. The molecule has 1 aromatic rings. The molecule has 0 aliphatic heterocycles. The largest absolute Gasteiger partial charge is 0.480 e. The fourth-order valence-electron chi connectivity index (χ4n) is 2.85. The molecule has 1 aromatic carbocycles. The maximum absolute atomic E-state index is 12.5. The van der Waals surface area contributed by atoms with Gasteiger partial charge < -0.3 is 15.2 Å². The van der Waals surface area contributed by atoms with Crippen LogP contribution in [0.5, 0.6) is 0 Å². The Balaban J connectivity index is 2.01. The van der Waals surface area contributed by atoms with Gasteiger partial charge in [-0.2, -0.15) is 0 Å². The van der Waals surface area contributed by atoms with Gasteiger partial charge in [-0.3, -0.25) is 4.79 Å². The predicted molar refractivity (Wildman–Crippen MR) is 82.5 cm³/mol. The van der Waals surface area contributed by atoms with E-state index in [2.05, 4.69) is 5.32 Å². The van der Waals surface area contributed by atoms with Crippen molar-refractivity contribution in [3.8, 4) is 0 Å². The third kappa shape index (κ3) is 3.85. The van der Waals surface area contributed by atoms with Crippen LogP contribution in [0.1, 0.15) is 31.2 Å². The highest BCUT2D eigenvalue weighted by Crippen LogP contribution is 2.44. The summed E-state index contributed by atoms with van der Waals surface area (Å²) in [5.41, 5.74) is 0.454. The molecule has 0 heterocycles. The molecule has 1 aliphatic rings. The number of carbonyl (C=O) groups is 2. The number of amides is 1. The number of hydrogen-bond donors (Lipinski definition) is 2. The zero-order valence-electron chi connectivity index (χ0n) is 12.9. The van der Waals surface area contributed by atoms with E-state index in [1.807, 2.05) is 30.3 Å². The number of carboxylic acids is 1. The van der Waals surface area contributed by atoms with Gasteiger partial charge in [-0.05, 0) is 24.8 Å². The Kier molecular flexibility index (Phi) is 5.55. The van der Waals surface area contributed by atoms with Crippen LogP contribution in [0, 0.1) is 5.41 Å². The van der Waals surface area contributed by atoms with E-state index >= 15 is 0 Å². The van der Waals surface area contributed by atoms with Gasteiger partial charge >= 0.3 is 5.97 Å². The molecular weight excluding hydrogens is 282 g/mol. The van der Waals surface area contributed by atoms with Crippen molar-refractivity contribution in [1.82, 2.24) is 5.32 Å². The Morgan fingerprint density at radius 1 is 1.32 bits per heavy atom. The molecule has 0 radical (unpaired) electrons. The normalized spacial score (nSPS) is 17.3. The molecule has 1 saturated carbocycles. The highest BCUT2D eigenvalue weighted by molar-refractivity contribution is 5.88. The molecule has 0 saturated heterocycles. The Morgan fingerprint density at radius 3 is 2.50 bits per heavy atom. The molecule has 1 unspecified atom stereocenters. The first-order chi connectivity index (χ1) is 10.6. The first-order valence-corrected chi connectivity index (χ1v) is 7.64. The number of carboxylic acid groups (broad SMARTS) is 1. The van der Waals surface area contributed by atoms with Crippen LogP contribution in [0.2, 0.25) is 0 Å². The maximum atomic E-state index is 12.5. The lowest BCUT2D eigenvalue weighted by Crippen LogP contribution is -2.52. The molecule has 1 fully saturated rings. The Labute approximate surface area is 130 Å². The number of methoxy groups -OCH3 is 1. The molecule has 5 heteroatoms. The van der Waals surface area contributed by atoms with Gasteiger partial charge in [-0.1, -0.05) is 36.8 Å². The molecule has 1 amide bonds. The number of nitrogens with one attached hydrogen (secondary N) is 1. The number of hydrogen-bond acceptors (Lipinski definition) is 3. The van der Waals surface area contributed by atoms with Gasteiger partial charge in [0.05, 0.1) is 5.41 Å².